The van der Waals surface area contributed by atoms with Gasteiger partial charge in [-0.05, 0) is 42.5 Å². The minimum Gasteiger partial charge on any atom is -0.298 e. The molecule has 11 heteroatoms. The Hall–Kier alpha value is -2.11. The van der Waals surface area contributed by atoms with Gasteiger partial charge in [-0.2, -0.15) is 17.5 Å². The molecule has 2 N–H and O–H groups in total. The fraction of sp³-hybridized carbons (Fsp3) is 0.312. The molecule has 1 aromatic heterocycles. The number of thiophene rings is 1. The normalized spacial score (nSPS) is 15.7. The van der Waals surface area contributed by atoms with Gasteiger partial charge < -0.3 is 0 Å². The van der Waals surface area contributed by atoms with Crippen LogP contribution < -0.4 is 10.9 Å². The Morgan fingerprint density at radius 3 is 2.52 bits per heavy atom. The van der Waals surface area contributed by atoms with Crippen LogP contribution in [0.25, 0.3) is 0 Å². The number of rotatable bonds is 5. The molecule has 146 valence electrons. The maximum absolute atomic E-state index is 12.7. The standard InChI is InChI=1S/C16H16F3N3O3S2/c17-16(18,19)11-4-3-5-12(10-11)20-21-15(23)14-13(6-9-26-14)27(24,25)22-7-1-2-8-22/h3-6,9-10,20H,1-2,7-8H2,(H,21,23). The molecular weight excluding hydrogens is 403 g/mol. The van der Waals surface area contributed by atoms with E-state index in [4.69, 9.17) is 0 Å². The van der Waals surface area contributed by atoms with Crippen LogP contribution in [0.1, 0.15) is 28.1 Å². The third-order valence-electron chi connectivity index (χ3n) is 4.03. The number of anilines is 1. The predicted octanol–water partition coefficient (Wildman–Crippen LogP) is 3.31. The minimum atomic E-state index is -4.51. The highest BCUT2D eigenvalue weighted by Gasteiger charge is 2.32. The van der Waals surface area contributed by atoms with Crippen molar-refractivity contribution >= 4 is 33.0 Å². The maximum atomic E-state index is 12.7. The molecule has 0 unspecified atom stereocenters. The third kappa shape index (κ3) is 4.25. The zero-order chi connectivity index (χ0) is 19.7. The Kier molecular flexibility index (Phi) is 5.45. The fourth-order valence-corrected chi connectivity index (χ4v) is 5.51. The number of sulfonamides is 1. The summed E-state index contributed by atoms with van der Waals surface area (Å²) in [5, 5.41) is 1.49. The molecule has 1 aliphatic rings. The van der Waals surface area contributed by atoms with E-state index in [-0.39, 0.29) is 15.5 Å². The van der Waals surface area contributed by atoms with Gasteiger partial charge in [0.2, 0.25) is 10.0 Å². The first-order valence-electron chi connectivity index (χ1n) is 8.01. The van der Waals surface area contributed by atoms with Crippen LogP contribution in [-0.4, -0.2) is 31.7 Å². The first-order chi connectivity index (χ1) is 12.7. The average molecular weight is 419 g/mol. The highest BCUT2D eigenvalue weighted by atomic mass is 32.2. The summed E-state index contributed by atoms with van der Waals surface area (Å²) in [6.07, 6.45) is -2.98. The lowest BCUT2D eigenvalue weighted by Crippen LogP contribution is -2.32. The molecule has 2 heterocycles. The van der Waals surface area contributed by atoms with Gasteiger partial charge in [0.25, 0.3) is 5.91 Å². The minimum absolute atomic E-state index is 0.0265. The summed E-state index contributed by atoms with van der Waals surface area (Å²) in [7, 11) is -3.77. The van der Waals surface area contributed by atoms with Gasteiger partial charge in [-0.15, -0.1) is 11.3 Å². The monoisotopic (exact) mass is 419 g/mol. The summed E-state index contributed by atoms with van der Waals surface area (Å²) in [4.78, 5) is 12.2. The van der Waals surface area contributed by atoms with Gasteiger partial charge in [0.15, 0.2) is 0 Å². The van der Waals surface area contributed by atoms with Crippen LogP contribution in [-0.2, 0) is 16.2 Å². The van der Waals surface area contributed by atoms with Crippen LogP contribution in [0.5, 0.6) is 0 Å². The van der Waals surface area contributed by atoms with Crippen molar-refractivity contribution in [1.82, 2.24) is 9.73 Å². The van der Waals surface area contributed by atoms with Crippen LogP contribution in [0.3, 0.4) is 0 Å². The molecule has 6 nitrogen and oxygen atoms in total. The number of nitrogens with one attached hydrogen (secondary N) is 2. The largest absolute Gasteiger partial charge is 0.416 e. The van der Waals surface area contributed by atoms with Crippen molar-refractivity contribution < 1.29 is 26.4 Å². The lowest BCUT2D eigenvalue weighted by atomic mass is 10.2. The van der Waals surface area contributed by atoms with Gasteiger partial charge in [0.05, 0.1) is 11.3 Å². The van der Waals surface area contributed by atoms with E-state index in [0.717, 1.165) is 36.3 Å². The number of nitrogens with zero attached hydrogens (tertiary/aromatic N) is 1. The maximum Gasteiger partial charge on any atom is 0.416 e. The number of amides is 1. The predicted molar refractivity (Wildman–Crippen MR) is 94.8 cm³/mol. The number of hydrazine groups is 1. The Morgan fingerprint density at radius 1 is 1.15 bits per heavy atom. The summed E-state index contributed by atoms with van der Waals surface area (Å²) >= 11 is 0.948. The summed E-state index contributed by atoms with van der Waals surface area (Å²) in [5.74, 6) is -0.736. The lowest BCUT2D eigenvalue weighted by Gasteiger charge is -2.16. The molecule has 1 aromatic carbocycles. The first kappa shape index (κ1) is 19.6. The van der Waals surface area contributed by atoms with Gasteiger partial charge >= 0.3 is 6.18 Å². The number of alkyl halides is 3. The molecule has 0 atom stereocenters. The van der Waals surface area contributed by atoms with E-state index >= 15 is 0 Å². The molecule has 1 aliphatic heterocycles. The third-order valence-corrected chi connectivity index (χ3v) is 7.01. The second kappa shape index (κ2) is 7.49. The van der Waals surface area contributed by atoms with E-state index in [1.807, 2.05) is 0 Å². The lowest BCUT2D eigenvalue weighted by molar-refractivity contribution is -0.137. The van der Waals surface area contributed by atoms with Crippen LogP contribution in [0.2, 0.25) is 0 Å². The highest BCUT2D eigenvalue weighted by Crippen LogP contribution is 2.31. The molecule has 3 rings (SSSR count). The van der Waals surface area contributed by atoms with Gasteiger partial charge in [0, 0.05) is 13.1 Å². The van der Waals surface area contributed by atoms with Crippen LogP contribution in [0.15, 0.2) is 40.6 Å². The van der Waals surface area contributed by atoms with Crippen molar-refractivity contribution in [3.8, 4) is 0 Å². The van der Waals surface area contributed by atoms with E-state index < -0.39 is 27.7 Å². The Balaban J connectivity index is 1.74. The molecule has 1 amide bonds. The molecule has 0 saturated carbocycles. The summed E-state index contributed by atoms with van der Waals surface area (Å²) < 4.78 is 64.9. The van der Waals surface area contributed by atoms with E-state index in [1.165, 1.54) is 27.9 Å². The van der Waals surface area contributed by atoms with Crippen molar-refractivity contribution in [2.45, 2.75) is 23.9 Å². The molecule has 1 saturated heterocycles. The first-order valence-corrected chi connectivity index (χ1v) is 10.3. The zero-order valence-electron chi connectivity index (χ0n) is 13.9. The molecule has 0 radical (unpaired) electrons. The summed E-state index contributed by atoms with van der Waals surface area (Å²) in [5.41, 5.74) is 3.81. The van der Waals surface area contributed by atoms with E-state index in [2.05, 4.69) is 10.9 Å². The topological polar surface area (TPSA) is 78.5 Å². The number of benzene rings is 1. The number of carbonyl (C=O) groups excluding carboxylic acids is 1. The van der Waals surface area contributed by atoms with Crippen LogP contribution in [0.4, 0.5) is 18.9 Å². The molecular formula is C16H16F3N3O3S2. The molecule has 2 aromatic rings. The van der Waals surface area contributed by atoms with Crippen molar-refractivity contribution in [1.29, 1.82) is 0 Å². The molecule has 1 fully saturated rings. The average Bonchev–Trinajstić information content (AvgIpc) is 3.31. The number of hydrogen-bond acceptors (Lipinski definition) is 5. The van der Waals surface area contributed by atoms with Gasteiger partial charge in [-0.3, -0.25) is 15.6 Å². The van der Waals surface area contributed by atoms with Crippen molar-refractivity contribution in [2.24, 2.45) is 0 Å². The molecule has 0 spiro atoms. The van der Waals surface area contributed by atoms with Crippen LogP contribution >= 0.6 is 11.3 Å². The van der Waals surface area contributed by atoms with Crippen molar-refractivity contribution in [2.75, 3.05) is 18.5 Å². The quantitative estimate of drug-likeness (QED) is 0.729. The molecule has 0 aliphatic carbocycles. The van der Waals surface area contributed by atoms with E-state index in [1.54, 1.807) is 0 Å². The van der Waals surface area contributed by atoms with E-state index in [0.29, 0.717) is 13.1 Å². The Morgan fingerprint density at radius 2 is 1.85 bits per heavy atom. The number of carbonyl (C=O) groups is 1. The smallest absolute Gasteiger partial charge is 0.298 e. The highest BCUT2D eigenvalue weighted by molar-refractivity contribution is 7.89. The summed E-state index contributed by atoms with van der Waals surface area (Å²) in [6.45, 7) is 0.809. The molecule has 27 heavy (non-hydrogen) atoms. The molecule has 0 bridgehead atoms. The van der Waals surface area contributed by atoms with Crippen molar-refractivity contribution in [3.05, 3.63) is 46.2 Å². The second-order valence-corrected chi connectivity index (χ2v) is 8.71. The Bertz CT molecular complexity index is 936. The SMILES string of the molecule is O=C(NNc1cccc(C(F)(F)F)c1)c1sccc1S(=O)(=O)N1CCCC1. The number of hydrogen-bond donors (Lipinski definition) is 2. The van der Waals surface area contributed by atoms with Gasteiger partial charge in [0.1, 0.15) is 9.77 Å². The summed E-state index contributed by atoms with van der Waals surface area (Å²) in [6, 6.07) is 5.67. The second-order valence-electron chi connectivity index (χ2n) is 5.88. The van der Waals surface area contributed by atoms with E-state index in [9.17, 15) is 26.4 Å². The zero-order valence-corrected chi connectivity index (χ0v) is 15.5. The van der Waals surface area contributed by atoms with Crippen LogP contribution in [0, 0.1) is 0 Å². The Labute approximate surface area is 158 Å². The fourth-order valence-electron chi connectivity index (χ4n) is 2.69. The van der Waals surface area contributed by atoms with Gasteiger partial charge in [-0.1, -0.05) is 6.07 Å². The van der Waals surface area contributed by atoms with Crippen molar-refractivity contribution in [3.63, 3.8) is 0 Å². The van der Waals surface area contributed by atoms with Gasteiger partial charge in [-0.25, -0.2) is 8.42 Å². The number of halogens is 3.